The Labute approximate surface area is 243 Å². The third-order valence-corrected chi connectivity index (χ3v) is 9.08. The molecule has 10 heteroatoms. The van der Waals surface area contributed by atoms with Crippen molar-refractivity contribution < 1.29 is 34.8 Å². The van der Waals surface area contributed by atoms with Gasteiger partial charge in [0.25, 0.3) is 5.91 Å². The van der Waals surface area contributed by atoms with Crippen molar-refractivity contribution in [2.75, 3.05) is 14.1 Å². The van der Waals surface area contributed by atoms with Gasteiger partial charge in [-0.2, -0.15) is 0 Å². The average molecular weight is 576 g/mol. The molecule has 42 heavy (non-hydrogen) atoms. The fraction of sp³-hybridized carbons (Fsp3) is 0.406. The summed E-state index contributed by atoms with van der Waals surface area (Å²) >= 11 is 0. The lowest BCUT2D eigenvalue weighted by atomic mass is 9.57. The second kappa shape index (κ2) is 9.79. The van der Waals surface area contributed by atoms with Gasteiger partial charge in [-0.3, -0.25) is 19.3 Å². The lowest BCUT2D eigenvalue weighted by Gasteiger charge is -2.50. The number of hydrogen-bond donors (Lipinski definition) is 6. The first-order valence-corrected chi connectivity index (χ1v) is 13.9. The number of nitrogens with two attached hydrogens (primary N) is 2. The number of aromatic hydroxyl groups is 1. The number of Topliss-reactive ketones (excluding diaryl/α,β-unsaturated/α-hetero) is 2. The number of nitrogens with zero attached hydrogens (tertiary/aromatic N) is 1. The predicted molar refractivity (Wildman–Crippen MR) is 156 cm³/mol. The van der Waals surface area contributed by atoms with Crippen LogP contribution in [0.25, 0.3) is 16.9 Å². The fourth-order valence-electron chi connectivity index (χ4n) is 6.93. The minimum absolute atomic E-state index is 0.0214. The number of phenols is 1. The van der Waals surface area contributed by atoms with Crippen LogP contribution in [-0.2, 0) is 32.8 Å². The Morgan fingerprint density at radius 1 is 1.10 bits per heavy atom. The van der Waals surface area contributed by atoms with E-state index in [1.165, 1.54) is 4.90 Å². The summed E-state index contributed by atoms with van der Waals surface area (Å²) in [6, 6.07) is 8.60. The highest BCUT2D eigenvalue weighted by atomic mass is 16.3. The van der Waals surface area contributed by atoms with E-state index in [0.717, 1.165) is 16.7 Å². The van der Waals surface area contributed by atoms with Crippen LogP contribution in [0.3, 0.4) is 0 Å². The molecule has 0 radical (unpaired) electrons. The van der Waals surface area contributed by atoms with Gasteiger partial charge in [0, 0.05) is 23.6 Å². The Morgan fingerprint density at radius 2 is 1.71 bits per heavy atom. The van der Waals surface area contributed by atoms with E-state index >= 15 is 0 Å². The number of likely N-dealkylation sites (N-methyl/N-ethyl adjacent to an activating group) is 1. The van der Waals surface area contributed by atoms with E-state index in [0.29, 0.717) is 11.1 Å². The molecule has 8 N–H and O–H groups in total. The Morgan fingerprint density at radius 3 is 2.24 bits per heavy atom. The summed E-state index contributed by atoms with van der Waals surface area (Å²) < 4.78 is 0. The minimum atomic E-state index is -2.68. The van der Waals surface area contributed by atoms with Crippen molar-refractivity contribution >= 4 is 23.2 Å². The Balaban J connectivity index is 1.74. The summed E-state index contributed by atoms with van der Waals surface area (Å²) in [6.07, 6.45) is 0.219. The van der Waals surface area contributed by atoms with Gasteiger partial charge in [0.2, 0.25) is 5.78 Å². The van der Waals surface area contributed by atoms with Crippen molar-refractivity contribution in [3.8, 4) is 16.9 Å². The van der Waals surface area contributed by atoms with E-state index < -0.39 is 58.0 Å². The molecule has 1 fully saturated rings. The SMILES string of the molecule is CN(C)C1C(=O)C(C(N)=O)=C(O)[C@]2(O)C(=O)C3=C(O)c4c(O)c(CN)cc(-c5ccc(C(C)(C)C)cc5)c4C[C@H]3C[C@@H]12. The smallest absolute Gasteiger partial charge is 0.255 e. The standard InChI is InChI=1S/C32H37N3O7/c1-31(2,3)17-8-6-14(7-9-17)18-11-16(13-33)25(36)22-19(18)10-15-12-20-24(35(4)5)27(38)23(30(34)41)29(40)32(20,42)28(39)21(15)26(22)37/h6-9,11,15,20,24,36-37,40,42H,10,12-13,33H2,1-5H3,(H2,34,41)/t15-,20-,24?,32+/m0/s1. The molecule has 0 bridgehead atoms. The van der Waals surface area contributed by atoms with Gasteiger partial charge in [-0.05, 0) is 66.6 Å². The Hall–Kier alpha value is -3.99. The molecule has 0 spiro atoms. The van der Waals surface area contributed by atoms with E-state index in [-0.39, 0.29) is 41.7 Å². The Kier molecular flexibility index (Phi) is 6.88. The summed E-state index contributed by atoms with van der Waals surface area (Å²) in [5, 5.41) is 45.6. The van der Waals surface area contributed by atoms with Crippen molar-refractivity contribution in [3.63, 3.8) is 0 Å². The molecule has 0 heterocycles. The molecule has 4 atom stereocenters. The van der Waals surface area contributed by atoms with Crippen LogP contribution in [-0.4, -0.2) is 68.5 Å². The molecule has 0 aliphatic heterocycles. The van der Waals surface area contributed by atoms with Gasteiger partial charge < -0.3 is 31.9 Å². The quantitative estimate of drug-likeness (QED) is 0.298. The number of rotatable bonds is 4. The summed E-state index contributed by atoms with van der Waals surface area (Å²) in [6.45, 7) is 6.28. The zero-order valence-electron chi connectivity index (χ0n) is 24.4. The third-order valence-electron chi connectivity index (χ3n) is 9.08. The summed E-state index contributed by atoms with van der Waals surface area (Å²) in [7, 11) is 3.14. The molecule has 1 amide bonds. The number of ketones is 2. The first kappa shape index (κ1) is 29.5. The van der Waals surface area contributed by atoms with E-state index in [1.807, 2.05) is 24.3 Å². The van der Waals surface area contributed by atoms with Crippen molar-refractivity contribution in [3.05, 3.63) is 69.5 Å². The van der Waals surface area contributed by atoms with Gasteiger partial charge in [0.05, 0.1) is 11.6 Å². The number of fused-ring (bicyclic) bond motifs is 3. The molecule has 2 aromatic carbocycles. The van der Waals surface area contributed by atoms with Gasteiger partial charge in [-0.15, -0.1) is 0 Å². The number of primary amides is 1. The molecule has 0 aromatic heterocycles. The number of benzene rings is 2. The zero-order chi connectivity index (χ0) is 31.0. The van der Waals surface area contributed by atoms with Crippen molar-refractivity contribution in [1.29, 1.82) is 0 Å². The lowest BCUT2D eigenvalue weighted by Crippen LogP contribution is -2.65. The molecule has 5 rings (SSSR count). The first-order valence-electron chi connectivity index (χ1n) is 13.9. The minimum Gasteiger partial charge on any atom is -0.508 e. The second-order valence-corrected chi connectivity index (χ2v) is 12.8. The molecule has 3 aliphatic carbocycles. The summed E-state index contributed by atoms with van der Waals surface area (Å²) in [5.41, 5.74) is 11.2. The third kappa shape index (κ3) is 4.08. The van der Waals surface area contributed by atoms with E-state index in [1.54, 1.807) is 20.2 Å². The molecule has 2 aromatic rings. The van der Waals surface area contributed by atoms with Crippen molar-refractivity contribution in [2.24, 2.45) is 23.3 Å². The molecule has 0 saturated heterocycles. The van der Waals surface area contributed by atoms with E-state index in [2.05, 4.69) is 20.8 Å². The van der Waals surface area contributed by atoms with Crippen LogP contribution in [0.4, 0.5) is 0 Å². The molecule has 222 valence electrons. The first-order chi connectivity index (χ1) is 19.5. The van der Waals surface area contributed by atoms with Gasteiger partial charge >= 0.3 is 0 Å². The van der Waals surface area contributed by atoms with Gasteiger partial charge in [-0.25, -0.2) is 0 Å². The molecular formula is C32H37N3O7. The van der Waals surface area contributed by atoms with Crippen LogP contribution < -0.4 is 11.5 Å². The number of carbonyl (C=O) groups is 3. The number of carbonyl (C=O) groups excluding carboxylic acids is 3. The van der Waals surface area contributed by atoms with Crippen LogP contribution in [0.1, 0.15) is 49.4 Å². The number of aliphatic hydroxyl groups is 3. The maximum Gasteiger partial charge on any atom is 0.255 e. The number of hydrogen-bond acceptors (Lipinski definition) is 9. The molecule has 3 aliphatic rings. The topological polar surface area (TPSA) is 187 Å². The summed E-state index contributed by atoms with van der Waals surface area (Å²) in [5.74, 6) is -6.83. The van der Waals surface area contributed by atoms with Gasteiger partial charge in [0.1, 0.15) is 22.8 Å². The average Bonchev–Trinajstić information content (AvgIpc) is 2.90. The van der Waals surface area contributed by atoms with E-state index in [4.69, 9.17) is 11.5 Å². The number of amides is 1. The maximum absolute atomic E-state index is 14.1. The lowest BCUT2D eigenvalue weighted by molar-refractivity contribution is -0.153. The highest BCUT2D eigenvalue weighted by Crippen LogP contribution is 2.54. The van der Waals surface area contributed by atoms with Crippen LogP contribution >= 0.6 is 0 Å². The molecule has 1 saturated carbocycles. The Bertz CT molecular complexity index is 1600. The van der Waals surface area contributed by atoms with Crippen molar-refractivity contribution in [1.82, 2.24) is 4.90 Å². The van der Waals surface area contributed by atoms with Crippen LogP contribution in [0.2, 0.25) is 0 Å². The van der Waals surface area contributed by atoms with Crippen LogP contribution in [0.5, 0.6) is 5.75 Å². The van der Waals surface area contributed by atoms with Gasteiger partial charge in [0.15, 0.2) is 11.4 Å². The summed E-state index contributed by atoms with van der Waals surface area (Å²) in [4.78, 5) is 41.1. The normalized spacial score (nSPS) is 25.9. The highest BCUT2D eigenvalue weighted by Gasteiger charge is 2.64. The highest BCUT2D eigenvalue weighted by molar-refractivity contribution is 6.24. The molecule has 10 nitrogen and oxygen atoms in total. The number of aliphatic hydroxyl groups excluding tert-OH is 2. The zero-order valence-corrected chi connectivity index (χ0v) is 24.4. The van der Waals surface area contributed by atoms with Crippen LogP contribution in [0.15, 0.2) is 47.2 Å². The predicted octanol–water partition coefficient (Wildman–Crippen LogP) is 2.39. The maximum atomic E-state index is 14.1. The second-order valence-electron chi connectivity index (χ2n) is 12.8. The van der Waals surface area contributed by atoms with Gasteiger partial charge in [-0.1, -0.05) is 45.0 Å². The largest absolute Gasteiger partial charge is 0.508 e. The van der Waals surface area contributed by atoms with Crippen LogP contribution in [0, 0.1) is 11.8 Å². The van der Waals surface area contributed by atoms with E-state index in [9.17, 15) is 34.8 Å². The number of phenolic OH excluding ortho intramolecular Hbond substituents is 1. The fourth-order valence-corrected chi connectivity index (χ4v) is 6.93. The monoisotopic (exact) mass is 575 g/mol. The van der Waals surface area contributed by atoms with Crippen molar-refractivity contribution in [2.45, 2.75) is 57.2 Å². The molecule has 1 unspecified atom stereocenters. The molecular weight excluding hydrogens is 538 g/mol.